The fraction of sp³-hybridized carbons (Fsp3) is 0.611. The molecule has 0 aliphatic heterocycles. The molecular formula is C18H29F3IN3O2S. The lowest BCUT2D eigenvalue weighted by atomic mass is 9.96. The second-order valence-electron chi connectivity index (χ2n) is 6.48. The third-order valence-corrected chi connectivity index (χ3v) is 4.97. The van der Waals surface area contributed by atoms with Crippen LogP contribution < -0.4 is 10.6 Å². The minimum Gasteiger partial charge on any atom is -0.357 e. The minimum absolute atomic E-state index is 0. The first-order valence-corrected chi connectivity index (χ1v) is 11.0. The van der Waals surface area contributed by atoms with Gasteiger partial charge >= 0.3 is 6.18 Å². The average Bonchev–Trinajstić information content (AvgIpc) is 2.57. The molecule has 1 unspecified atom stereocenters. The monoisotopic (exact) mass is 535 g/mol. The Hall–Kier alpha value is -1.04. The Bertz CT molecular complexity index is 725. The maximum Gasteiger partial charge on any atom is 0.416 e. The molecule has 0 amide bonds. The van der Waals surface area contributed by atoms with E-state index in [1.165, 1.54) is 18.4 Å². The van der Waals surface area contributed by atoms with Crippen molar-refractivity contribution in [2.75, 3.05) is 31.6 Å². The third-order valence-electron chi connectivity index (χ3n) is 3.94. The first-order chi connectivity index (χ1) is 12.5. The number of guanidine groups is 1. The predicted molar refractivity (Wildman–Crippen MR) is 118 cm³/mol. The number of rotatable bonds is 9. The van der Waals surface area contributed by atoms with E-state index in [-0.39, 0.29) is 35.6 Å². The van der Waals surface area contributed by atoms with Gasteiger partial charge in [-0.2, -0.15) is 13.2 Å². The lowest BCUT2D eigenvalue weighted by molar-refractivity contribution is -0.137. The Labute approximate surface area is 182 Å². The Kier molecular flexibility index (Phi) is 12.0. The number of aliphatic imine (C=N–C) groups is 1. The van der Waals surface area contributed by atoms with Crippen LogP contribution in [0, 0.1) is 0 Å². The Morgan fingerprint density at radius 3 is 2.50 bits per heavy atom. The minimum atomic E-state index is -4.34. The zero-order valence-electron chi connectivity index (χ0n) is 16.3. The number of nitrogens with zero attached hydrogens (tertiary/aromatic N) is 1. The second kappa shape index (κ2) is 12.5. The van der Waals surface area contributed by atoms with Gasteiger partial charge < -0.3 is 10.6 Å². The van der Waals surface area contributed by atoms with Crippen molar-refractivity contribution in [3.05, 3.63) is 35.4 Å². The Balaban J connectivity index is 0.00000729. The molecule has 0 radical (unpaired) electrons. The van der Waals surface area contributed by atoms with Crippen LogP contribution in [0.15, 0.2) is 29.3 Å². The molecule has 0 spiro atoms. The standard InChI is InChI=1S/C18H28F3N3O2S.HI/c1-4-22-17(23-10-6-12-27(3,25)26)24-11-9-14(2)15-7-5-8-16(13-15)18(19,20)21;/h5,7-8,13-14H,4,6,9-12H2,1-3H3,(H2,22,23,24);1H. The molecule has 0 bridgehead atoms. The maximum atomic E-state index is 12.8. The summed E-state index contributed by atoms with van der Waals surface area (Å²) in [6.07, 6.45) is -2.08. The topological polar surface area (TPSA) is 70.6 Å². The number of nitrogens with one attached hydrogen (secondary N) is 2. The summed E-state index contributed by atoms with van der Waals surface area (Å²) in [7, 11) is -3.00. The van der Waals surface area contributed by atoms with Crippen molar-refractivity contribution in [3.8, 4) is 0 Å². The highest BCUT2D eigenvalue weighted by atomic mass is 127. The third kappa shape index (κ3) is 11.1. The van der Waals surface area contributed by atoms with E-state index in [0.29, 0.717) is 44.0 Å². The van der Waals surface area contributed by atoms with Gasteiger partial charge in [0.15, 0.2) is 5.96 Å². The summed E-state index contributed by atoms with van der Waals surface area (Å²) < 4.78 is 60.7. The number of halogens is 4. The van der Waals surface area contributed by atoms with Gasteiger partial charge in [-0.25, -0.2) is 8.42 Å². The van der Waals surface area contributed by atoms with Gasteiger partial charge in [-0.3, -0.25) is 4.99 Å². The quantitative estimate of drug-likeness (QED) is 0.219. The summed E-state index contributed by atoms with van der Waals surface area (Å²) in [6.45, 7) is 5.37. The maximum absolute atomic E-state index is 12.8. The molecule has 0 aromatic heterocycles. The Morgan fingerprint density at radius 1 is 1.25 bits per heavy atom. The zero-order chi connectivity index (χ0) is 20.5. The van der Waals surface area contributed by atoms with E-state index < -0.39 is 21.6 Å². The number of sulfone groups is 1. The lowest BCUT2D eigenvalue weighted by Gasteiger charge is -2.16. The molecule has 0 saturated heterocycles. The smallest absolute Gasteiger partial charge is 0.357 e. The summed E-state index contributed by atoms with van der Waals surface area (Å²) in [5.41, 5.74) is 0.00213. The lowest BCUT2D eigenvalue weighted by Crippen LogP contribution is -2.38. The molecular weight excluding hydrogens is 506 g/mol. The zero-order valence-corrected chi connectivity index (χ0v) is 19.5. The highest BCUT2D eigenvalue weighted by Gasteiger charge is 2.30. The molecule has 1 aromatic carbocycles. The van der Waals surface area contributed by atoms with Crippen LogP contribution >= 0.6 is 24.0 Å². The van der Waals surface area contributed by atoms with Crippen molar-refractivity contribution in [1.29, 1.82) is 0 Å². The molecule has 0 fully saturated rings. The van der Waals surface area contributed by atoms with Gasteiger partial charge in [0.1, 0.15) is 9.84 Å². The first kappa shape index (κ1) is 27.0. The molecule has 5 nitrogen and oxygen atoms in total. The van der Waals surface area contributed by atoms with E-state index in [0.717, 1.165) is 6.07 Å². The molecule has 2 N–H and O–H groups in total. The van der Waals surface area contributed by atoms with E-state index in [2.05, 4.69) is 15.6 Å². The fourth-order valence-corrected chi connectivity index (χ4v) is 3.11. The predicted octanol–water partition coefficient (Wildman–Crippen LogP) is 3.81. The van der Waals surface area contributed by atoms with Gasteiger partial charge in [0, 0.05) is 25.9 Å². The molecule has 0 heterocycles. The van der Waals surface area contributed by atoms with Crippen LogP contribution in [-0.2, 0) is 16.0 Å². The fourth-order valence-electron chi connectivity index (χ4n) is 2.45. The van der Waals surface area contributed by atoms with Crippen LogP contribution in [0.1, 0.15) is 43.7 Å². The van der Waals surface area contributed by atoms with Crippen molar-refractivity contribution in [2.45, 2.75) is 38.8 Å². The van der Waals surface area contributed by atoms with Gasteiger partial charge in [-0.05, 0) is 37.3 Å². The van der Waals surface area contributed by atoms with Crippen LogP contribution in [-0.4, -0.2) is 46.0 Å². The first-order valence-electron chi connectivity index (χ1n) is 8.90. The summed E-state index contributed by atoms with van der Waals surface area (Å²) in [5, 5.41) is 6.19. The van der Waals surface area contributed by atoms with Crippen LogP contribution in [0.4, 0.5) is 13.2 Å². The second-order valence-corrected chi connectivity index (χ2v) is 8.74. The van der Waals surface area contributed by atoms with Crippen LogP contribution in [0.5, 0.6) is 0 Å². The number of hydrogen-bond donors (Lipinski definition) is 2. The largest absolute Gasteiger partial charge is 0.416 e. The van der Waals surface area contributed by atoms with Crippen molar-refractivity contribution in [2.24, 2.45) is 4.99 Å². The molecule has 28 heavy (non-hydrogen) atoms. The summed E-state index contributed by atoms with van der Waals surface area (Å²) >= 11 is 0. The van der Waals surface area contributed by atoms with E-state index in [1.54, 1.807) is 6.07 Å². The summed E-state index contributed by atoms with van der Waals surface area (Å²) in [5.74, 6) is 0.609. The highest BCUT2D eigenvalue weighted by Crippen LogP contribution is 2.31. The van der Waals surface area contributed by atoms with Gasteiger partial charge in [0.05, 0.1) is 11.3 Å². The molecule has 1 atom stereocenters. The number of hydrogen-bond acceptors (Lipinski definition) is 3. The van der Waals surface area contributed by atoms with Crippen molar-refractivity contribution < 1.29 is 21.6 Å². The molecule has 1 aromatic rings. The van der Waals surface area contributed by atoms with Gasteiger partial charge in [-0.15, -0.1) is 24.0 Å². The van der Waals surface area contributed by atoms with E-state index in [1.807, 2.05) is 13.8 Å². The molecule has 162 valence electrons. The van der Waals surface area contributed by atoms with E-state index in [9.17, 15) is 21.6 Å². The normalized spacial score (nSPS) is 13.6. The van der Waals surface area contributed by atoms with Crippen molar-refractivity contribution in [1.82, 2.24) is 10.6 Å². The van der Waals surface area contributed by atoms with E-state index in [4.69, 9.17) is 0 Å². The van der Waals surface area contributed by atoms with Crippen LogP contribution in [0.25, 0.3) is 0 Å². The highest BCUT2D eigenvalue weighted by molar-refractivity contribution is 14.0. The average molecular weight is 535 g/mol. The molecule has 0 saturated carbocycles. The summed E-state index contributed by atoms with van der Waals surface area (Å²) in [6, 6.07) is 5.38. The van der Waals surface area contributed by atoms with E-state index >= 15 is 0 Å². The molecule has 1 rings (SSSR count). The molecule has 10 heteroatoms. The molecule has 0 aliphatic carbocycles. The number of alkyl halides is 3. The molecule has 0 aliphatic rings. The van der Waals surface area contributed by atoms with Gasteiger partial charge in [0.25, 0.3) is 0 Å². The van der Waals surface area contributed by atoms with Crippen LogP contribution in [0.2, 0.25) is 0 Å². The van der Waals surface area contributed by atoms with Crippen molar-refractivity contribution >= 4 is 39.8 Å². The Morgan fingerprint density at radius 2 is 1.93 bits per heavy atom. The number of benzene rings is 1. The van der Waals surface area contributed by atoms with Gasteiger partial charge in [-0.1, -0.05) is 25.1 Å². The van der Waals surface area contributed by atoms with Crippen LogP contribution in [0.3, 0.4) is 0 Å². The van der Waals surface area contributed by atoms with Gasteiger partial charge in [0.2, 0.25) is 0 Å². The van der Waals surface area contributed by atoms with Crippen molar-refractivity contribution in [3.63, 3.8) is 0 Å². The SMILES string of the molecule is CCNC(=NCCCS(C)(=O)=O)NCCC(C)c1cccc(C(F)(F)F)c1.I. The summed E-state index contributed by atoms with van der Waals surface area (Å²) in [4.78, 5) is 4.31.